The van der Waals surface area contributed by atoms with E-state index in [0.717, 1.165) is 5.56 Å². The van der Waals surface area contributed by atoms with Crippen molar-refractivity contribution in [1.29, 1.82) is 0 Å². The van der Waals surface area contributed by atoms with E-state index in [0.29, 0.717) is 6.42 Å². The van der Waals surface area contributed by atoms with Crippen molar-refractivity contribution in [3.05, 3.63) is 35.9 Å². The molecule has 23 heavy (non-hydrogen) atoms. The molecule has 3 N–H and O–H groups in total. The third kappa shape index (κ3) is 6.95. The minimum atomic E-state index is -0.877. The van der Waals surface area contributed by atoms with Crippen molar-refractivity contribution in [2.45, 2.75) is 39.2 Å². The van der Waals surface area contributed by atoms with Crippen LogP contribution in [0, 0.1) is 5.92 Å². The fourth-order valence-electron chi connectivity index (χ4n) is 2.15. The Balaban J connectivity index is 2.50. The average molecular weight is 320 g/mol. The van der Waals surface area contributed by atoms with Crippen molar-refractivity contribution in [3.63, 3.8) is 0 Å². The van der Waals surface area contributed by atoms with Crippen LogP contribution in [-0.2, 0) is 25.5 Å². The quantitative estimate of drug-likeness (QED) is 0.667. The molecule has 0 aromatic heterocycles. The Hall–Kier alpha value is -2.37. The fourth-order valence-corrected chi connectivity index (χ4v) is 2.15. The molecule has 2 amide bonds. The third-order valence-electron chi connectivity index (χ3n) is 3.44. The monoisotopic (exact) mass is 320 g/mol. The Morgan fingerprint density at radius 1 is 1.22 bits per heavy atom. The van der Waals surface area contributed by atoms with Gasteiger partial charge in [-0.05, 0) is 25.3 Å². The molecule has 1 aromatic rings. The van der Waals surface area contributed by atoms with Crippen LogP contribution in [0.25, 0.3) is 0 Å². The summed E-state index contributed by atoms with van der Waals surface area (Å²) in [5, 5.41) is 2.59. The Morgan fingerprint density at radius 2 is 1.87 bits per heavy atom. The molecule has 0 bridgehead atoms. The van der Waals surface area contributed by atoms with Crippen LogP contribution in [0.1, 0.15) is 32.3 Å². The predicted octanol–water partition coefficient (Wildman–Crippen LogP) is 1.18. The molecule has 0 unspecified atom stereocenters. The number of ether oxygens (including phenoxy) is 1. The molecule has 6 heteroatoms. The summed E-state index contributed by atoms with van der Waals surface area (Å²) in [6.07, 6.45) is 0.957. The van der Waals surface area contributed by atoms with Crippen LogP contribution >= 0.6 is 0 Å². The highest BCUT2D eigenvalue weighted by Crippen LogP contribution is 2.09. The average Bonchev–Trinajstić information content (AvgIpc) is 2.53. The van der Waals surface area contributed by atoms with Gasteiger partial charge in [-0.1, -0.05) is 37.3 Å². The van der Waals surface area contributed by atoms with Crippen molar-refractivity contribution in [1.82, 2.24) is 5.32 Å². The van der Waals surface area contributed by atoms with Crippen molar-refractivity contribution >= 4 is 17.8 Å². The number of primary amides is 1. The number of benzene rings is 1. The largest absolute Gasteiger partial charge is 0.466 e. The van der Waals surface area contributed by atoms with Gasteiger partial charge in [0.15, 0.2) is 0 Å². The summed E-state index contributed by atoms with van der Waals surface area (Å²) in [4.78, 5) is 35.1. The van der Waals surface area contributed by atoms with Crippen molar-refractivity contribution < 1.29 is 19.1 Å². The minimum Gasteiger partial charge on any atom is -0.466 e. The Kier molecular flexibility index (Phi) is 7.80. The van der Waals surface area contributed by atoms with Gasteiger partial charge in [0, 0.05) is 6.42 Å². The van der Waals surface area contributed by atoms with Crippen LogP contribution in [0.15, 0.2) is 30.3 Å². The zero-order valence-corrected chi connectivity index (χ0v) is 13.6. The predicted molar refractivity (Wildman–Crippen MR) is 86.3 cm³/mol. The maximum Gasteiger partial charge on any atom is 0.308 e. The van der Waals surface area contributed by atoms with Crippen LogP contribution in [-0.4, -0.2) is 30.4 Å². The maximum atomic E-state index is 12.0. The molecule has 1 aromatic carbocycles. The molecule has 0 spiro atoms. The van der Waals surface area contributed by atoms with E-state index in [1.54, 1.807) is 13.8 Å². The fraction of sp³-hybridized carbons (Fsp3) is 0.471. The number of rotatable bonds is 9. The molecule has 0 saturated heterocycles. The Morgan fingerprint density at radius 3 is 2.43 bits per heavy atom. The number of aryl methyl sites for hydroxylation is 1. The van der Waals surface area contributed by atoms with E-state index in [1.165, 1.54) is 0 Å². The first kappa shape index (κ1) is 18.7. The molecule has 0 saturated carbocycles. The second-order valence-corrected chi connectivity index (χ2v) is 5.40. The first-order valence-corrected chi connectivity index (χ1v) is 7.73. The molecule has 0 fully saturated rings. The topological polar surface area (TPSA) is 98.5 Å². The lowest BCUT2D eigenvalue weighted by Crippen LogP contribution is -2.46. The van der Waals surface area contributed by atoms with E-state index in [-0.39, 0.29) is 25.4 Å². The lowest BCUT2D eigenvalue weighted by molar-refractivity contribution is -0.148. The highest BCUT2D eigenvalue weighted by atomic mass is 16.5. The lowest BCUT2D eigenvalue weighted by Gasteiger charge is -2.18. The van der Waals surface area contributed by atoms with E-state index < -0.39 is 23.8 Å². The number of hydrogen-bond donors (Lipinski definition) is 2. The van der Waals surface area contributed by atoms with Gasteiger partial charge in [-0.2, -0.15) is 0 Å². The van der Waals surface area contributed by atoms with Crippen molar-refractivity contribution in [2.75, 3.05) is 6.61 Å². The molecule has 0 heterocycles. The van der Waals surface area contributed by atoms with Gasteiger partial charge in [0.2, 0.25) is 11.8 Å². The van der Waals surface area contributed by atoms with Crippen molar-refractivity contribution in [3.8, 4) is 0 Å². The van der Waals surface area contributed by atoms with Gasteiger partial charge < -0.3 is 15.8 Å². The number of carbonyl (C=O) groups is 3. The summed E-state index contributed by atoms with van der Waals surface area (Å²) in [5.74, 6) is -1.85. The zero-order valence-electron chi connectivity index (χ0n) is 13.6. The maximum absolute atomic E-state index is 12.0. The number of nitrogens with one attached hydrogen (secondary N) is 1. The standard InChI is InChI=1S/C17H24N2O4/c1-3-23-17(22)12(2)11-14(16(18)21)19-15(20)10-9-13-7-5-4-6-8-13/h4-8,12,14H,3,9-11H2,1-2H3,(H2,18,21)(H,19,20)/t12-,14+/m1/s1. The number of nitrogens with two attached hydrogens (primary N) is 1. The molecule has 6 nitrogen and oxygen atoms in total. The summed E-state index contributed by atoms with van der Waals surface area (Å²) in [6, 6.07) is 8.70. The van der Waals surface area contributed by atoms with E-state index in [9.17, 15) is 14.4 Å². The Bertz CT molecular complexity index is 531. The number of amides is 2. The smallest absolute Gasteiger partial charge is 0.308 e. The normalized spacial score (nSPS) is 13.0. The molecule has 1 rings (SSSR count). The van der Waals surface area contributed by atoms with E-state index in [4.69, 9.17) is 10.5 Å². The lowest BCUT2D eigenvalue weighted by atomic mass is 10.0. The highest BCUT2D eigenvalue weighted by Gasteiger charge is 2.25. The molecule has 2 atom stereocenters. The van der Waals surface area contributed by atoms with Crippen LogP contribution in [0.2, 0.25) is 0 Å². The van der Waals surface area contributed by atoms with Crippen LogP contribution in [0.5, 0.6) is 0 Å². The summed E-state index contributed by atoms with van der Waals surface area (Å²) in [6.45, 7) is 3.62. The summed E-state index contributed by atoms with van der Waals surface area (Å²) in [5.41, 5.74) is 6.35. The first-order valence-electron chi connectivity index (χ1n) is 7.73. The van der Waals surface area contributed by atoms with E-state index >= 15 is 0 Å². The molecule has 0 radical (unpaired) electrons. The number of hydrogen-bond acceptors (Lipinski definition) is 4. The molecule has 126 valence electrons. The first-order chi connectivity index (χ1) is 10.9. The number of esters is 1. The van der Waals surface area contributed by atoms with Crippen LogP contribution < -0.4 is 11.1 Å². The summed E-state index contributed by atoms with van der Waals surface area (Å²) in [7, 11) is 0. The van der Waals surface area contributed by atoms with E-state index in [2.05, 4.69) is 5.32 Å². The van der Waals surface area contributed by atoms with Gasteiger partial charge >= 0.3 is 5.97 Å². The van der Waals surface area contributed by atoms with Crippen LogP contribution in [0.4, 0.5) is 0 Å². The summed E-state index contributed by atoms with van der Waals surface area (Å²) >= 11 is 0. The van der Waals surface area contributed by atoms with E-state index in [1.807, 2.05) is 30.3 Å². The van der Waals surface area contributed by atoms with Crippen LogP contribution in [0.3, 0.4) is 0 Å². The Labute approximate surface area is 136 Å². The van der Waals surface area contributed by atoms with Gasteiger partial charge in [-0.3, -0.25) is 14.4 Å². The molecule has 0 aliphatic carbocycles. The van der Waals surface area contributed by atoms with Gasteiger partial charge in [0.05, 0.1) is 12.5 Å². The van der Waals surface area contributed by atoms with Gasteiger partial charge in [-0.15, -0.1) is 0 Å². The van der Waals surface area contributed by atoms with Gasteiger partial charge in [0.1, 0.15) is 6.04 Å². The SMILES string of the molecule is CCOC(=O)[C@H](C)C[C@H](NC(=O)CCc1ccccc1)C(N)=O. The second-order valence-electron chi connectivity index (χ2n) is 5.40. The minimum absolute atomic E-state index is 0.130. The summed E-state index contributed by atoms with van der Waals surface area (Å²) < 4.78 is 4.89. The second kappa shape index (κ2) is 9.61. The van der Waals surface area contributed by atoms with Crippen molar-refractivity contribution in [2.24, 2.45) is 11.7 Å². The zero-order chi connectivity index (χ0) is 17.2. The molecular formula is C17H24N2O4. The molecular weight excluding hydrogens is 296 g/mol. The number of carbonyl (C=O) groups excluding carboxylic acids is 3. The third-order valence-corrected chi connectivity index (χ3v) is 3.44. The van der Waals surface area contributed by atoms with Gasteiger partial charge in [-0.25, -0.2) is 0 Å². The van der Waals surface area contributed by atoms with Gasteiger partial charge in [0.25, 0.3) is 0 Å². The molecule has 0 aliphatic heterocycles. The molecule has 0 aliphatic rings. The highest BCUT2D eigenvalue weighted by molar-refractivity contribution is 5.87.